The van der Waals surface area contributed by atoms with E-state index in [1.807, 2.05) is 0 Å². The van der Waals surface area contributed by atoms with Crippen LogP contribution in [0, 0.1) is 0 Å². The fourth-order valence-electron chi connectivity index (χ4n) is 1.57. The first-order valence-electron chi connectivity index (χ1n) is 5.31. The Hall–Kier alpha value is 0.290. The molecular formula is C11H23Cl. The minimum Gasteiger partial charge on any atom is -0.120 e. The van der Waals surface area contributed by atoms with E-state index in [4.69, 9.17) is 11.6 Å². The molecule has 0 aliphatic heterocycles. The van der Waals surface area contributed by atoms with E-state index in [0.29, 0.717) is 0 Å². The maximum absolute atomic E-state index is 6.32. The molecule has 1 unspecified atom stereocenters. The summed E-state index contributed by atoms with van der Waals surface area (Å²) < 4.78 is 0. The second kappa shape index (κ2) is 6.77. The molecule has 0 amide bonds. The van der Waals surface area contributed by atoms with Crippen molar-refractivity contribution in [1.29, 1.82) is 0 Å². The first-order valence-corrected chi connectivity index (χ1v) is 5.69. The minimum absolute atomic E-state index is 0.0719. The van der Waals surface area contributed by atoms with Crippen molar-refractivity contribution in [2.75, 3.05) is 0 Å². The predicted molar refractivity (Wildman–Crippen MR) is 57.9 cm³/mol. The molecule has 0 bridgehead atoms. The van der Waals surface area contributed by atoms with Gasteiger partial charge in [0.25, 0.3) is 0 Å². The molecule has 0 spiro atoms. The summed E-state index contributed by atoms with van der Waals surface area (Å²) in [5.41, 5.74) is 0. The van der Waals surface area contributed by atoms with Gasteiger partial charge < -0.3 is 0 Å². The Labute approximate surface area is 82.7 Å². The lowest BCUT2D eigenvalue weighted by molar-refractivity contribution is 0.487. The third kappa shape index (κ3) is 6.97. The standard InChI is InChI=1S/C11H23Cl/c1-4-6-7-8-10-11(3,12)9-5-2/h4-10H2,1-3H3. The van der Waals surface area contributed by atoms with Crippen molar-refractivity contribution in [3.05, 3.63) is 0 Å². The summed E-state index contributed by atoms with van der Waals surface area (Å²) in [7, 11) is 0. The average Bonchev–Trinajstić information content (AvgIpc) is 1.98. The van der Waals surface area contributed by atoms with Gasteiger partial charge in [0.2, 0.25) is 0 Å². The molecule has 0 aromatic rings. The third-order valence-electron chi connectivity index (χ3n) is 2.32. The molecule has 0 N–H and O–H groups in total. The molecular weight excluding hydrogens is 168 g/mol. The van der Waals surface area contributed by atoms with Gasteiger partial charge in [-0.1, -0.05) is 46.0 Å². The topological polar surface area (TPSA) is 0 Å². The van der Waals surface area contributed by atoms with Gasteiger partial charge in [0.15, 0.2) is 0 Å². The number of hydrogen-bond donors (Lipinski definition) is 0. The molecule has 0 saturated heterocycles. The summed E-state index contributed by atoms with van der Waals surface area (Å²) in [6.07, 6.45) is 8.86. The molecule has 0 aliphatic carbocycles. The van der Waals surface area contributed by atoms with Crippen molar-refractivity contribution in [1.82, 2.24) is 0 Å². The van der Waals surface area contributed by atoms with Crippen molar-refractivity contribution >= 4 is 11.6 Å². The zero-order valence-electron chi connectivity index (χ0n) is 8.83. The lowest BCUT2D eigenvalue weighted by Gasteiger charge is -2.20. The maximum atomic E-state index is 6.32. The summed E-state index contributed by atoms with van der Waals surface area (Å²) in [5.74, 6) is 0. The van der Waals surface area contributed by atoms with E-state index in [9.17, 15) is 0 Å². The highest BCUT2D eigenvalue weighted by molar-refractivity contribution is 6.23. The summed E-state index contributed by atoms with van der Waals surface area (Å²) in [6.45, 7) is 6.61. The van der Waals surface area contributed by atoms with Gasteiger partial charge in [-0.3, -0.25) is 0 Å². The van der Waals surface area contributed by atoms with Crippen LogP contribution < -0.4 is 0 Å². The van der Waals surface area contributed by atoms with Crippen LogP contribution >= 0.6 is 11.6 Å². The lowest BCUT2D eigenvalue weighted by atomic mass is 9.97. The van der Waals surface area contributed by atoms with Crippen LogP contribution in [0.25, 0.3) is 0 Å². The molecule has 0 fully saturated rings. The second-order valence-corrected chi connectivity index (χ2v) is 4.89. The van der Waals surface area contributed by atoms with Crippen LogP contribution in [-0.4, -0.2) is 4.87 Å². The molecule has 1 atom stereocenters. The smallest absolute Gasteiger partial charge is 0.0418 e. The Balaban J connectivity index is 3.33. The highest BCUT2D eigenvalue weighted by Gasteiger charge is 2.18. The lowest BCUT2D eigenvalue weighted by Crippen LogP contribution is -2.15. The number of alkyl halides is 1. The Morgan fingerprint density at radius 2 is 1.58 bits per heavy atom. The zero-order chi connectivity index (χ0) is 9.45. The monoisotopic (exact) mass is 190 g/mol. The predicted octanol–water partition coefficient (Wildman–Crippen LogP) is 4.75. The molecule has 0 rings (SSSR count). The van der Waals surface area contributed by atoms with Crippen molar-refractivity contribution in [3.63, 3.8) is 0 Å². The molecule has 0 aromatic carbocycles. The highest BCUT2D eigenvalue weighted by atomic mass is 35.5. The van der Waals surface area contributed by atoms with Crippen LogP contribution in [0.15, 0.2) is 0 Å². The fourth-order valence-corrected chi connectivity index (χ4v) is 1.89. The van der Waals surface area contributed by atoms with E-state index in [1.165, 1.54) is 38.5 Å². The van der Waals surface area contributed by atoms with Crippen molar-refractivity contribution < 1.29 is 0 Å². The Morgan fingerprint density at radius 3 is 2.08 bits per heavy atom. The van der Waals surface area contributed by atoms with Gasteiger partial charge in [0.05, 0.1) is 0 Å². The molecule has 0 aromatic heterocycles. The van der Waals surface area contributed by atoms with Crippen LogP contribution in [0.4, 0.5) is 0 Å². The van der Waals surface area contributed by atoms with Crippen LogP contribution in [0.1, 0.15) is 65.7 Å². The van der Waals surface area contributed by atoms with E-state index in [1.54, 1.807) is 0 Å². The third-order valence-corrected chi connectivity index (χ3v) is 2.70. The summed E-state index contributed by atoms with van der Waals surface area (Å²) >= 11 is 6.32. The molecule has 0 heterocycles. The zero-order valence-corrected chi connectivity index (χ0v) is 9.58. The van der Waals surface area contributed by atoms with Crippen LogP contribution in [-0.2, 0) is 0 Å². The van der Waals surface area contributed by atoms with E-state index in [-0.39, 0.29) is 4.87 Å². The molecule has 0 radical (unpaired) electrons. The number of rotatable bonds is 7. The number of unbranched alkanes of at least 4 members (excludes halogenated alkanes) is 3. The first-order chi connectivity index (χ1) is 5.62. The number of halogens is 1. The Bertz CT molecular complexity index is 97.2. The normalized spacial score (nSPS) is 16.0. The van der Waals surface area contributed by atoms with Gasteiger partial charge in [-0.25, -0.2) is 0 Å². The fraction of sp³-hybridized carbons (Fsp3) is 1.00. The average molecular weight is 191 g/mol. The number of hydrogen-bond acceptors (Lipinski definition) is 0. The van der Waals surface area contributed by atoms with Crippen molar-refractivity contribution in [2.45, 2.75) is 70.6 Å². The van der Waals surface area contributed by atoms with Crippen LogP contribution in [0.2, 0.25) is 0 Å². The van der Waals surface area contributed by atoms with E-state index < -0.39 is 0 Å². The maximum Gasteiger partial charge on any atom is 0.0418 e. The highest BCUT2D eigenvalue weighted by Crippen LogP contribution is 2.27. The molecule has 0 nitrogen and oxygen atoms in total. The summed E-state index contributed by atoms with van der Waals surface area (Å²) in [5, 5.41) is 0. The van der Waals surface area contributed by atoms with Gasteiger partial charge in [0.1, 0.15) is 0 Å². The van der Waals surface area contributed by atoms with Gasteiger partial charge in [0, 0.05) is 4.87 Å². The van der Waals surface area contributed by atoms with Gasteiger partial charge in [-0.2, -0.15) is 0 Å². The summed E-state index contributed by atoms with van der Waals surface area (Å²) in [4.78, 5) is 0.0719. The van der Waals surface area contributed by atoms with E-state index >= 15 is 0 Å². The van der Waals surface area contributed by atoms with E-state index in [2.05, 4.69) is 20.8 Å². The van der Waals surface area contributed by atoms with E-state index in [0.717, 1.165) is 6.42 Å². The molecule has 0 aliphatic rings. The molecule has 0 saturated carbocycles. The minimum atomic E-state index is 0.0719. The van der Waals surface area contributed by atoms with Crippen molar-refractivity contribution in [2.24, 2.45) is 0 Å². The quantitative estimate of drug-likeness (QED) is 0.401. The first kappa shape index (κ1) is 12.3. The van der Waals surface area contributed by atoms with Gasteiger partial charge >= 0.3 is 0 Å². The molecule has 74 valence electrons. The Morgan fingerprint density at radius 1 is 0.917 bits per heavy atom. The van der Waals surface area contributed by atoms with Crippen LogP contribution in [0.3, 0.4) is 0 Å². The Kier molecular flexibility index (Phi) is 6.93. The van der Waals surface area contributed by atoms with Gasteiger partial charge in [-0.15, -0.1) is 11.6 Å². The van der Waals surface area contributed by atoms with Crippen LogP contribution in [0.5, 0.6) is 0 Å². The molecule has 1 heteroatoms. The SMILES string of the molecule is CCCCCCC(C)(Cl)CCC. The second-order valence-electron chi connectivity index (χ2n) is 3.97. The molecule has 12 heavy (non-hydrogen) atoms. The van der Waals surface area contributed by atoms with Crippen molar-refractivity contribution in [3.8, 4) is 0 Å². The van der Waals surface area contributed by atoms with Gasteiger partial charge in [-0.05, 0) is 19.8 Å². The summed E-state index contributed by atoms with van der Waals surface area (Å²) in [6, 6.07) is 0. The largest absolute Gasteiger partial charge is 0.120 e.